The van der Waals surface area contributed by atoms with Crippen molar-refractivity contribution in [2.24, 2.45) is 11.7 Å². The Hall–Kier alpha value is -2.00. The Bertz CT molecular complexity index is 878. The second-order valence-corrected chi connectivity index (χ2v) is 7.72. The molecule has 148 valence electrons. The molecule has 0 spiro atoms. The number of amides is 1. The SMILES string of the molecule is CC(CN)C(=O)NCc1cccc(S(=O)(=O)NCc2cccc(F)c2)c1.Cl. The monoisotopic (exact) mass is 415 g/mol. The minimum absolute atomic E-state index is 0. The van der Waals surface area contributed by atoms with Crippen molar-refractivity contribution in [3.05, 3.63) is 65.5 Å². The molecule has 0 radical (unpaired) electrons. The van der Waals surface area contributed by atoms with Gasteiger partial charge in [-0.15, -0.1) is 12.4 Å². The average molecular weight is 416 g/mol. The van der Waals surface area contributed by atoms with Crippen LogP contribution in [0.25, 0.3) is 0 Å². The Balaban J connectivity index is 0.00000364. The van der Waals surface area contributed by atoms with Crippen molar-refractivity contribution in [3.63, 3.8) is 0 Å². The van der Waals surface area contributed by atoms with Gasteiger partial charge in [-0.2, -0.15) is 0 Å². The molecular formula is C18H23ClFN3O3S. The van der Waals surface area contributed by atoms with Crippen LogP contribution in [0.5, 0.6) is 0 Å². The topological polar surface area (TPSA) is 101 Å². The van der Waals surface area contributed by atoms with E-state index in [1.54, 1.807) is 25.1 Å². The highest BCUT2D eigenvalue weighted by molar-refractivity contribution is 7.89. The Morgan fingerprint density at radius 3 is 2.37 bits per heavy atom. The molecule has 9 heteroatoms. The van der Waals surface area contributed by atoms with Gasteiger partial charge in [0.15, 0.2) is 0 Å². The van der Waals surface area contributed by atoms with Gasteiger partial charge >= 0.3 is 0 Å². The molecule has 27 heavy (non-hydrogen) atoms. The minimum atomic E-state index is -3.76. The summed E-state index contributed by atoms with van der Waals surface area (Å²) < 4.78 is 40.5. The molecule has 0 bridgehead atoms. The second-order valence-electron chi connectivity index (χ2n) is 5.96. The van der Waals surface area contributed by atoms with E-state index in [1.807, 2.05) is 0 Å². The fourth-order valence-electron chi connectivity index (χ4n) is 2.20. The summed E-state index contributed by atoms with van der Waals surface area (Å²) in [5, 5.41) is 2.72. The van der Waals surface area contributed by atoms with Gasteiger partial charge < -0.3 is 11.1 Å². The first-order valence-corrected chi connectivity index (χ1v) is 9.61. The van der Waals surface area contributed by atoms with Crippen LogP contribution in [0.15, 0.2) is 53.4 Å². The van der Waals surface area contributed by atoms with Gasteiger partial charge in [-0.05, 0) is 35.4 Å². The Morgan fingerprint density at radius 1 is 1.11 bits per heavy atom. The number of sulfonamides is 1. The smallest absolute Gasteiger partial charge is 0.240 e. The number of nitrogens with two attached hydrogens (primary N) is 1. The number of rotatable bonds is 8. The molecule has 0 aromatic heterocycles. The van der Waals surface area contributed by atoms with Crippen molar-refractivity contribution in [1.82, 2.24) is 10.0 Å². The van der Waals surface area contributed by atoms with E-state index in [2.05, 4.69) is 10.0 Å². The third-order valence-corrected chi connectivity index (χ3v) is 5.23. The van der Waals surface area contributed by atoms with Gasteiger partial charge in [-0.25, -0.2) is 17.5 Å². The van der Waals surface area contributed by atoms with E-state index in [4.69, 9.17) is 5.73 Å². The molecule has 6 nitrogen and oxygen atoms in total. The molecule has 0 aliphatic rings. The van der Waals surface area contributed by atoms with Crippen LogP contribution in [0.1, 0.15) is 18.1 Å². The number of hydrogen-bond donors (Lipinski definition) is 3. The zero-order valence-electron chi connectivity index (χ0n) is 14.8. The maximum atomic E-state index is 13.2. The first-order chi connectivity index (χ1) is 12.3. The van der Waals surface area contributed by atoms with Gasteiger partial charge in [0.1, 0.15) is 5.82 Å². The van der Waals surface area contributed by atoms with Crippen LogP contribution >= 0.6 is 12.4 Å². The lowest BCUT2D eigenvalue weighted by molar-refractivity contribution is -0.124. The van der Waals surface area contributed by atoms with E-state index >= 15 is 0 Å². The predicted molar refractivity (Wildman–Crippen MR) is 104 cm³/mol. The average Bonchev–Trinajstić information content (AvgIpc) is 2.64. The van der Waals surface area contributed by atoms with Crippen molar-refractivity contribution in [2.45, 2.75) is 24.9 Å². The summed E-state index contributed by atoms with van der Waals surface area (Å²) in [5.74, 6) is -0.925. The summed E-state index contributed by atoms with van der Waals surface area (Å²) in [6.07, 6.45) is 0. The number of nitrogens with one attached hydrogen (secondary N) is 2. The molecule has 1 atom stereocenters. The lowest BCUT2D eigenvalue weighted by Gasteiger charge is -2.11. The van der Waals surface area contributed by atoms with Gasteiger partial charge in [-0.3, -0.25) is 4.79 Å². The highest BCUT2D eigenvalue weighted by Gasteiger charge is 2.15. The van der Waals surface area contributed by atoms with Gasteiger partial charge in [0.05, 0.1) is 4.90 Å². The van der Waals surface area contributed by atoms with E-state index < -0.39 is 15.8 Å². The van der Waals surface area contributed by atoms with Crippen LogP contribution in [-0.2, 0) is 27.9 Å². The zero-order chi connectivity index (χ0) is 19.2. The molecule has 1 amide bonds. The summed E-state index contributed by atoms with van der Waals surface area (Å²) >= 11 is 0. The first-order valence-electron chi connectivity index (χ1n) is 8.12. The lowest BCUT2D eigenvalue weighted by Crippen LogP contribution is -2.32. The molecule has 2 aromatic carbocycles. The molecule has 0 saturated carbocycles. The molecule has 0 saturated heterocycles. The van der Waals surface area contributed by atoms with Crippen LogP contribution < -0.4 is 15.8 Å². The number of carbonyl (C=O) groups is 1. The Kier molecular flexibility index (Phi) is 8.84. The normalized spacial score (nSPS) is 12.1. The van der Waals surface area contributed by atoms with E-state index in [-0.39, 0.29) is 48.8 Å². The maximum absolute atomic E-state index is 13.2. The van der Waals surface area contributed by atoms with Crippen LogP contribution in [0.2, 0.25) is 0 Å². The molecule has 0 fully saturated rings. The van der Waals surface area contributed by atoms with E-state index in [0.717, 1.165) is 0 Å². The number of hydrogen-bond acceptors (Lipinski definition) is 4. The summed E-state index contributed by atoms with van der Waals surface area (Å²) in [5.41, 5.74) is 6.61. The molecule has 4 N–H and O–H groups in total. The van der Waals surface area contributed by atoms with Crippen molar-refractivity contribution in [2.75, 3.05) is 6.54 Å². The van der Waals surface area contributed by atoms with Crippen LogP contribution in [0.4, 0.5) is 4.39 Å². The standard InChI is InChI=1S/C18H22FN3O3S.ClH/c1-13(10-20)18(23)21-11-15-5-3-7-17(9-15)26(24,25)22-12-14-4-2-6-16(19)8-14;/h2-9,13,22H,10-12,20H2,1H3,(H,21,23);1H. The molecule has 0 heterocycles. The maximum Gasteiger partial charge on any atom is 0.240 e. The molecule has 0 aliphatic heterocycles. The molecule has 2 rings (SSSR count). The Morgan fingerprint density at radius 2 is 1.74 bits per heavy atom. The number of benzene rings is 2. The van der Waals surface area contributed by atoms with Crippen molar-refractivity contribution in [3.8, 4) is 0 Å². The quantitative estimate of drug-likeness (QED) is 0.613. The van der Waals surface area contributed by atoms with E-state index in [0.29, 0.717) is 11.1 Å². The van der Waals surface area contributed by atoms with Crippen molar-refractivity contribution in [1.29, 1.82) is 0 Å². The fraction of sp³-hybridized carbons (Fsp3) is 0.278. The zero-order valence-corrected chi connectivity index (χ0v) is 16.4. The largest absolute Gasteiger partial charge is 0.352 e. The first kappa shape index (κ1) is 23.0. The van der Waals surface area contributed by atoms with E-state index in [1.165, 1.54) is 30.3 Å². The highest BCUT2D eigenvalue weighted by Crippen LogP contribution is 2.13. The van der Waals surface area contributed by atoms with Gasteiger partial charge in [0.2, 0.25) is 15.9 Å². The van der Waals surface area contributed by atoms with Crippen molar-refractivity contribution < 1.29 is 17.6 Å². The predicted octanol–water partition coefficient (Wildman–Crippen LogP) is 1.94. The third-order valence-electron chi connectivity index (χ3n) is 3.83. The fourth-order valence-corrected chi connectivity index (χ4v) is 3.29. The van der Waals surface area contributed by atoms with Gasteiger partial charge in [-0.1, -0.05) is 31.2 Å². The number of halogens is 2. The summed E-state index contributed by atoms with van der Waals surface area (Å²) in [7, 11) is -3.76. The third kappa shape index (κ3) is 6.91. The lowest BCUT2D eigenvalue weighted by atomic mass is 10.1. The number of carbonyl (C=O) groups excluding carboxylic acids is 1. The summed E-state index contributed by atoms with van der Waals surface area (Å²) in [6.45, 7) is 2.14. The van der Waals surface area contributed by atoms with Crippen LogP contribution in [0, 0.1) is 11.7 Å². The second kappa shape index (κ2) is 10.4. The summed E-state index contributed by atoms with van der Waals surface area (Å²) in [4.78, 5) is 11.8. The van der Waals surface area contributed by atoms with E-state index in [9.17, 15) is 17.6 Å². The van der Waals surface area contributed by atoms with Gasteiger partial charge in [0, 0.05) is 25.6 Å². The summed E-state index contributed by atoms with van der Waals surface area (Å²) in [6, 6.07) is 12.0. The Labute approximate surface area is 164 Å². The molecule has 0 aliphatic carbocycles. The molecule has 1 unspecified atom stereocenters. The molecule has 2 aromatic rings. The van der Waals surface area contributed by atoms with Crippen molar-refractivity contribution >= 4 is 28.3 Å². The van der Waals surface area contributed by atoms with Crippen LogP contribution in [-0.4, -0.2) is 20.9 Å². The minimum Gasteiger partial charge on any atom is -0.352 e. The van der Waals surface area contributed by atoms with Crippen LogP contribution in [0.3, 0.4) is 0 Å². The van der Waals surface area contributed by atoms with Gasteiger partial charge in [0.25, 0.3) is 0 Å². The highest BCUT2D eigenvalue weighted by atomic mass is 35.5. The molecular weight excluding hydrogens is 393 g/mol.